The molecule has 1 saturated heterocycles. The molecule has 2 fully saturated rings. The summed E-state index contributed by atoms with van der Waals surface area (Å²) in [6.07, 6.45) is 0.912. The van der Waals surface area contributed by atoms with Crippen LogP contribution in [0.5, 0.6) is 0 Å². The van der Waals surface area contributed by atoms with Crippen LogP contribution in [0.2, 0.25) is 0 Å². The minimum absolute atomic E-state index is 0.0191. The van der Waals surface area contributed by atoms with Gasteiger partial charge >= 0.3 is 6.03 Å². The molecule has 3 aliphatic rings. The molecule has 0 bridgehead atoms. The molecule has 1 aliphatic carbocycles. The van der Waals surface area contributed by atoms with E-state index in [0.717, 1.165) is 32.6 Å². The van der Waals surface area contributed by atoms with Gasteiger partial charge < -0.3 is 10.2 Å². The van der Waals surface area contributed by atoms with E-state index in [1.165, 1.54) is 22.3 Å². The van der Waals surface area contributed by atoms with Gasteiger partial charge in [0.2, 0.25) is 0 Å². The average Bonchev–Trinajstić information content (AvgIpc) is 3.27. The van der Waals surface area contributed by atoms with Crippen molar-refractivity contribution >= 4 is 6.03 Å². The smallest absolute Gasteiger partial charge is 0.318 e. The highest BCUT2D eigenvalue weighted by Crippen LogP contribution is 2.46. The fourth-order valence-electron chi connectivity index (χ4n) is 5.80. The standard InChI is InChI=1S/C28H29N3O/c32-28(29-26-24-18-30(19-25(24)26)17-20-9-3-1-4-10-20)31-16-15-21-11-7-8-14-23(21)27(31)22-12-5-2-6-13-22/h1-14,24-27H,15-19H2,(H,29,32). The Bertz CT molecular complexity index is 1090. The molecule has 0 spiro atoms. The second kappa shape index (κ2) is 8.10. The minimum Gasteiger partial charge on any atom is -0.335 e. The molecule has 32 heavy (non-hydrogen) atoms. The zero-order chi connectivity index (χ0) is 21.5. The molecule has 4 nitrogen and oxygen atoms in total. The lowest BCUT2D eigenvalue weighted by Gasteiger charge is -2.38. The molecule has 4 heteroatoms. The maximum absolute atomic E-state index is 13.4. The second-order valence-electron chi connectivity index (χ2n) is 9.44. The lowest BCUT2D eigenvalue weighted by atomic mass is 9.88. The molecule has 0 radical (unpaired) electrons. The van der Waals surface area contributed by atoms with Crippen molar-refractivity contribution in [2.45, 2.75) is 25.0 Å². The van der Waals surface area contributed by atoms with Crippen molar-refractivity contribution < 1.29 is 4.79 Å². The molecule has 2 amide bonds. The van der Waals surface area contributed by atoms with Gasteiger partial charge in [0.05, 0.1) is 6.04 Å². The zero-order valence-corrected chi connectivity index (χ0v) is 18.2. The Morgan fingerprint density at radius 3 is 2.25 bits per heavy atom. The molecule has 2 aliphatic heterocycles. The Hall–Kier alpha value is -3.11. The first kappa shape index (κ1) is 19.6. The third-order valence-electron chi connectivity index (χ3n) is 7.47. The van der Waals surface area contributed by atoms with Crippen molar-refractivity contribution in [2.75, 3.05) is 19.6 Å². The zero-order valence-electron chi connectivity index (χ0n) is 18.2. The van der Waals surface area contributed by atoms with Crippen LogP contribution in [-0.2, 0) is 13.0 Å². The van der Waals surface area contributed by atoms with Crippen LogP contribution < -0.4 is 5.32 Å². The van der Waals surface area contributed by atoms with Crippen molar-refractivity contribution in [3.63, 3.8) is 0 Å². The molecule has 3 unspecified atom stereocenters. The lowest BCUT2D eigenvalue weighted by molar-refractivity contribution is 0.176. The Kier molecular flexibility index (Phi) is 4.95. The van der Waals surface area contributed by atoms with Gasteiger partial charge in [-0.05, 0) is 40.5 Å². The number of piperidine rings is 1. The summed E-state index contributed by atoms with van der Waals surface area (Å²) in [6, 6.07) is 30.1. The fraction of sp³-hybridized carbons (Fsp3) is 0.321. The molecule has 3 aromatic carbocycles. The molecule has 1 saturated carbocycles. The Balaban J connectivity index is 1.14. The molecular formula is C28H29N3O. The van der Waals surface area contributed by atoms with Crippen LogP contribution in [0.15, 0.2) is 84.9 Å². The number of urea groups is 1. The molecule has 2 heterocycles. The van der Waals surface area contributed by atoms with Crippen molar-refractivity contribution in [3.05, 3.63) is 107 Å². The van der Waals surface area contributed by atoms with Crippen LogP contribution in [0.3, 0.4) is 0 Å². The molecule has 3 aromatic rings. The molecule has 3 atom stereocenters. The number of fused-ring (bicyclic) bond motifs is 2. The van der Waals surface area contributed by atoms with E-state index >= 15 is 0 Å². The van der Waals surface area contributed by atoms with Crippen LogP contribution in [-0.4, -0.2) is 41.5 Å². The first-order valence-corrected chi connectivity index (χ1v) is 11.7. The van der Waals surface area contributed by atoms with E-state index in [0.29, 0.717) is 17.9 Å². The summed E-state index contributed by atoms with van der Waals surface area (Å²) < 4.78 is 0. The second-order valence-corrected chi connectivity index (χ2v) is 9.44. The van der Waals surface area contributed by atoms with Gasteiger partial charge in [-0.1, -0.05) is 84.9 Å². The van der Waals surface area contributed by atoms with E-state index in [9.17, 15) is 4.79 Å². The number of carbonyl (C=O) groups is 1. The number of amides is 2. The van der Waals surface area contributed by atoms with Gasteiger partial charge in [-0.15, -0.1) is 0 Å². The number of rotatable bonds is 4. The van der Waals surface area contributed by atoms with Gasteiger partial charge in [0.25, 0.3) is 0 Å². The van der Waals surface area contributed by atoms with Gasteiger partial charge in [-0.2, -0.15) is 0 Å². The predicted molar refractivity (Wildman–Crippen MR) is 126 cm³/mol. The first-order chi connectivity index (χ1) is 15.8. The average molecular weight is 424 g/mol. The third-order valence-corrected chi connectivity index (χ3v) is 7.47. The topological polar surface area (TPSA) is 35.6 Å². The lowest BCUT2D eigenvalue weighted by Crippen LogP contribution is -2.48. The molecule has 1 N–H and O–H groups in total. The molecule has 0 aromatic heterocycles. The number of hydrogen-bond acceptors (Lipinski definition) is 2. The summed E-state index contributed by atoms with van der Waals surface area (Å²) in [7, 11) is 0. The van der Waals surface area contributed by atoms with E-state index in [2.05, 4.69) is 89.1 Å². The number of likely N-dealkylation sites (tertiary alicyclic amines) is 1. The van der Waals surface area contributed by atoms with Gasteiger partial charge in [-0.3, -0.25) is 4.90 Å². The summed E-state index contributed by atoms with van der Waals surface area (Å²) in [5.41, 5.74) is 5.15. The third kappa shape index (κ3) is 3.59. The van der Waals surface area contributed by atoms with Crippen molar-refractivity contribution in [1.82, 2.24) is 15.1 Å². The first-order valence-electron chi connectivity index (χ1n) is 11.7. The molecule has 6 rings (SSSR count). The van der Waals surface area contributed by atoms with Gasteiger partial charge in [0.1, 0.15) is 0 Å². The number of hydrogen-bond donors (Lipinski definition) is 1. The number of nitrogens with one attached hydrogen (secondary N) is 1. The predicted octanol–water partition coefficient (Wildman–Crippen LogP) is 4.47. The summed E-state index contributed by atoms with van der Waals surface area (Å²) in [4.78, 5) is 18.0. The van der Waals surface area contributed by atoms with Crippen LogP contribution in [0, 0.1) is 11.8 Å². The fourth-order valence-corrected chi connectivity index (χ4v) is 5.80. The van der Waals surface area contributed by atoms with Crippen molar-refractivity contribution in [3.8, 4) is 0 Å². The van der Waals surface area contributed by atoms with E-state index in [1.807, 2.05) is 11.0 Å². The quantitative estimate of drug-likeness (QED) is 0.672. The van der Waals surface area contributed by atoms with E-state index in [-0.39, 0.29) is 12.1 Å². The monoisotopic (exact) mass is 423 g/mol. The Morgan fingerprint density at radius 1 is 0.844 bits per heavy atom. The highest BCUT2D eigenvalue weighted by atomic mass is 16.2. The highest BCUT2D eigenvalue weighted by Gasteiger charge is 2.56. The normalized spacial score (nSPS) is 26.3. The van der Waals surface area contributed by atoms with Crippen molar-refractivity contribution in [2.24, 2.45) is 11.8 Å². The summed E-state index contributed by atoms with van der Waals surface area (Å²) in [5, 5.41) is 3.40. The maximum atomic E-state index is 13.4. The molecular weight excluding hydrogens is 394 g/mol. The number of nitrogens with zero attached hydrogens (tertiary/aromatic N) is 2. The van der Waals surface area contributed by atoms with Crippen LogP contribution in [0.1, 0.15) is 28.3 Å². The van der Waals surface area contributed by atoms with Gasteiger partial charge in [0, 0.05) is 32.2 Å². The number of carbonyl (C=O) groups excluding carboxylic acids is 1. The van der Waals surface area contributed by atoms with E-state index < -0.39 is 0 Å². The largest absolute Gasteiger partial charge is 0.335 e. The van der Waals surface area contributed by atoms with Crippen LogP contribution in [0.25, 0.3) is 0 Å². The van der Waals surface area contributed by atoms with Crippen LogP contribution in [0.4, 0.5) is 4.79 Å². The Morgan fingerprint density at radius 2 is 1.50 bits per heavy atom. The van der Waals surface area contributed by atoms with Crippen LogP contribution >= 0.6 is 0 Å². The summed E-state index contributed by atoms with van der Waals surface area (Å²) in [6.45, 7) is 3.92. The van der Waals surface area contributed by atoms with E-state index in [4.69, 9.17) is 0 Å². The number of benzene rings is 3. The van der Waals surface area contributed by atoms with Gasteiger partial charge in [-0.25, -0.2) is 4.79 Å². The molecule has 162 valence electrons. The maximum Gasteiger partial charge on any atom is 0.318 e. The Labute approximate surface area is 189 Å². The highest BCUT2D eigenvalue weighted by molar-refractivity contribution is 5.77. The van der Waals surface area contributed by atoms with E-state index in [1.54, 1.807) is 0 Å². The van der Waals surface area contributed by atoms with Gasteiger partial charge in [0.15, 0.2) is 0 Å². The summed E-state index contributed by atoms with van der Waals surface area (Å²) in [5.74, 6) is 1.19. The minimum atomic E-state index is -0.0191. The SMILES string of the molecule is O=C(NC1C2CN(Cc3ccccc3)CC21)N1CCc2ccccc2C1c1ccccc1. The van der Waals surface area contributed by atoms with Crippen molar-refractivity contribution in [1.29, 1.82) is 0 Å². The summed E-state index contributed by atoms with van der Waals surface area (Å²) >= 11 is 0.